The van der Waals surface area contributed by atoms with Crippen molar-refractivity contribution in [3.63, 3.8) is 0 Å². The Morgan fingerprint density at radius 1 is 0.967 bits per heavy atom. The Bertz CT molecular complexity index is 967. The van der Waals surface area contributed by atoms with Crippen LogP contribution in [-0.4, -0.2) is 12.4 Å². The number of carbonyl (C=O) groups excluding carboxylic acids is 1. The van der Waals surface area contributed by atoms with Crippen molar-refractivity contribution >= 4 is 22.8 Å². The predicted molar refractivity (Wildman–Crippen MR) is 124 cm³/mol. The highest BCUT2D eigenvalue weighted by Crippen LogP contribution is 2.19. The summed E-state index contributed by atoms with van der Waals surface area (Å²) in [4.78, 5) is 12.6. The summed E-state index contributed by atoms with van der Waals surface area (Å²) >= 11 is 0. The number of nitrogens with one attached hydrogen (secondary N) is 2. The van der Waals surface area contributed by atoms with Crippen LogP contribution in [0.25, 0.3) is 0 Å². The molecular formula is C25H29N3O2. The normalized spacial score (nSPS) is 10.5. The van der Waals surface area contributed by atoms with Crippen LogP contribution in [0.4, 0.5) is 17.1 Å². The standard InChI is InChI=1S/C25H29N3O2/c1-3-4-15-30-23-12-5-19(6-13-23)17-25(29)20-7-10-22(11-8-20)27-28-24-14-9-21(26)16-18(24)2/h5-14,16,27-28H,3-4,15,17,26H2,1-2H3. The van der Waals surface area contributed by atoms with Gasteiger partial charge in [-0.2, -0.15) is 0 Å². The summed E-state index contributed by atoms with van der Waals surface area (Å²) in [6, 6.07) is 20.9. The number of unbranched alkanes of at least 4 members (excludes halogenated alkanes) is 1. The molecule has 0 radical (unpaired) electrons. The van der Waals surface area contributed by atoms with Gasteiger partial charge in [0.25, 0.3) is 0 Å². The Morgan fingerprint density at radius 3 is 2.37 bits per heavy atom. The second kappa shape index (κ2) is 10.3. The van der Waals surface area contributed by atoms with Crippen LogP contribution in [0.3, 0.4) is 0 Å². The van der Waals surface area contributed by atoms with E-state index in [-0.39, 0.29) is 5.78 Å². The van der Waals surface area contributed by atoms with E-state index in [2.05, 4.69) is 17.8 Å². The van der Waals surface area contributed by atoms with Crippen LogP contribution < -0.4 is 21.3 Å². The number of hydrazine groups is 1. The number of nitrogens with two attached hydrogens (primary N) is 1. The van der Waals surface area contributed by atoms with Gasteiger partial charge in [-0.05, 0) is 79.1 Å². The summed E-state index contributed by atoms with van der Waals surface area (Å²) in [5, 5.41) is 0. The lowest BCUT2D eigenvalue weighted by Crippen LogP contribution is -2.10. The zero-order valence-electron chi connectivity index (χ0n) is 17.6. The number of hydrogen-bond acceptors (Lipinski definition) is 5. The lowest BCUT2D eigenvalue weighted by molar-refractivity contribution is 0.0993. The van der Waals surface area contributed by atoms with Crippen LogP contribution in [0, 0.1) is 6.92 Å². The van der Waals surface area contributed by atoms with E-state index in [9.17, 15) is 4.79 Å². The van der Waals surface area contributed by atoms with Crippen LogP contribution in [0.2, 0.25) is 0 Å². The van der Waals surface area contributed by atoms with Crippen LogP contribution in [0.1, 0.15) is 41.3 Å². The third-order valence-corrected chi connectivity index (χ3v) is 4.85. The van der Waals surface area contributed by atoms with Crippen LogP contribution in [-0.2, 0) is 6.42 Å². The molecule has 0 unspecified atom stereocenters. The van der Waals surface area contributed by atoms with Gasteiger partial charge in [-0.3, -0.25) is 4.79 Å². The lowest BCUT2D eigenvalue weighted by atomic mass is 10.0. The van der Waals surface area contributed by atoms with E-state index in [1.807, 2.05) is 73.7 Å². The molecule has 3 rings (SSSR count). The zero-order valence-corrected chi connectivity index (χ0v) is 17.6. The van der Waals surface area contributed by atoms with E-state index in [1.165, 1.54) is 0 Å². The van der Waals surface area contributed by atoms with E-state index in [0.717, 1.165) is 53.4 Å². The van der Waals surface area contributed by atoms with Crippen LogP contribution >= 0.6 is 0 Å². The van der Waals surface area contributed by atoms with Crippen molar-refractivity contribution in [1.82, 2.24) is 0 Å². The monoisotopic (exact) mass is 403 g/mol. The molecule has 3 aromatic carbocycles. The third-order valence-electron chi connectivity index (χ3n) is 4.85. The molecule has 0 aromatic heterocycles. The largest absolute Gasteiger partial charge is 0.494 e. The molecule has 5 nitrogen and oxygen atoms in total. The Morgan fingerprint density at radius 2 is 1.70 bits per heavy atom. The molecule has 0 spiro atoms. The van der Waals surface area contributed by atoms with Gasteiger partial charge in [-0.1, -0.05) is 25.5 Å². The Balaban J connectivity index is 1.53. The highest BCUT2D eigenvalue weighted by molar-refractivity contribution is 5.97. The van der Waals surface area contributed by atoms with Crippen molar-refractivity contribution in [2.24, 2.45) is 0 Å². The number of ether oxygens (including phenoxy) is 1. The fraction of sp³-hybridized carbons (Fsp3) is 0.240. The quantitative estimate of drug-likeness (QED) is 0.177. The average Bonchev–Trinajstić information content (AvgIpc) is 2.75. The van der Waals surface area contributed by atoms with Gasteiger partial charge < -0.3 is 21.3 Å². The lowest BCUT2D eigenvalue weighted by Gasteiger charge is -2.13. The first-order chi connectivity index (χ1) is 14.5. The molecule has 0 aliphatic rings. The first-order valence-electron chi connectivity index (χ1n) is 10.3. The van der Waals surface area contributed by atoms with Gasteiger partial charge in [0, 0.05) is 17.7 Å². The molecule has 0 fully saturated rings. The topological polar surface area (TPSA) is 76.4 Å². The smallest absolute Gasteiger partial charge is 0.167 e. The number of ketones is 1. The Hall–Kier alpha value is -3.47. The average molecular weight is 404 g/mol. The van der Waals surface area contributed by atoms with Gasteiger partial charge in [0.05, 0.1) is 18.0 Å². The molecule has 0 aliphatic heterocycles. The molecule has 0 saturated heterocycles. The molecule has 30 heavy (non-hydrogen) atoms. The minimum atomic E-state index is 0.0866. The van der Waals surface area contributed by atoms with Gasteiger partial charge in [-0.15, -0.1) is 0 Å². The van der Waals surface area contributed by atoms with Crippen molar-refractivity contribution in [3.8, 4) is 5.75 Å². The summed E-state index contributed by atoms with van der Waals surface area (Å²) in [7, 11) is 0. The van der Waals surface area contributed by atoms with Crippen molar-refractivity contribution < 1.29 is 9.53 Å². The molecule has 4 N–H and O–H groups in total. The first-order valence-corrected chi connectivity index (χ1v) is 10.3. The van der Waals surface area contributed by atoms with E-state index in [4.69, 9.17) is 10.5 Å². The minimum absolute atomic E-state index is 0.0866. The number of benzene rings is 3. The molecule has 3 aromatic rings. The maximum absolute atomic E-state index is 12.6. The fourth-order valence-corrected chi connectivity index (χ4v) is 3.03. The van der Waals surface area contributed by atoms with Gasteiger partial charge in [0.15, 0.2) is 5.78 Å². The van der Waals surface area contributed by atoms with Gasteiger partial charge >= 0.3 is 0 Å². The molecule has 0 amide bonds. The maximum Gasteiger partial charge on any atom is 0.167 e. The minimum Gasteiger partial charge on any atom is -0.494 e. The van der Waals surface area contributed by atoms with Gasteiger partial charge in [0.2, 0.25) is 0 Å². The molecule has 0 saturated carbocycles. The SMILES string of the molecule is CCCCOc1ccc(CC(=O)c2ccc(NNc3ccc(N)cc3C)cc2)cc1. The summed E-state index contributed by atoms with van der Waals surface area (Å²) in [6.45, 7) is 4.85. The fourth-order valence-electron chi connectivity index (χ4n) is 3.03. The van der Waals surface area contributed by atoms with Crippen molar-refractivity contribution in [2.75, 3.05) is 23.2 Å². The second-order valence-electron chi connectivity index (χ2n) is 7.35. The molecular weight excluding hydrogens is 374 g/mol. The molecule has 156 valence electrons. The highest BCUT2D eigenvalue weighted by Gasteiger charge is 2.08. The third kappa shape index (κ3) is 6.01. The molecule has 0 heterocycles. The van der Waals surface area contributed by atoms with Crippen molar-refractivity contribution in [3.05, 3.63) is 83.4 Å². The number of rotatable bonds is 10. The summed E-state index contributed by atoms with van der Waals surface area (Å²) < 4.78 is 5.67. The molecule has 0 aliphatic carbocycles. The van der Waals surface area contributed by atoms with Crippen LogP contribution in [0.15, 0.2) is 66.7 Å². The first kappa shape index (κ1) is 21.2. The van der Waals surface area contributed by atoms with E-state index >= 15 is 0 Å². The van der Waals surface area contributed by atoms with Crippen molar-refractivity contribution in [1.29, 1.82) is 0 Å². The number of Topliss-reactive ketones (excluding diaryl/α,β-unsaturated/α-hetero) is 1. The number of carbonyl (C=O) groups is 1. The second-order valence-corrected chi connectivity index (χ2v) is 7.35. The molecule has 0 bridgehead atoms. The van der Waals surface area contributed by atoms with E-state index in [0.29, 0.717) is 12.0 Å². The number of nitrogen functional groups attached to an aromatic ring is 1. The number of anilines is 3. The number of hydrogen-bond donors (Lipinski definition) is 3. The Kier molecular flexibility index (Phi) is 7.33. The maximum atomic E-state index is 12.6. The van der Waals surface area contributed by atoms with Crippen LogP contribution in [0.5, 0.6) is 5.75 Å². The van der Waals surface area contributed by atoms with Crippen molar-refractivity contribution in [2.45, 2.75) is 33.1 Å². The Labute approximate surface area is 178 Å². The molecule has 0 atom stereocenters. The highest BCUT2D eigenvalue weighted by atomic mass is 16.5. The summed E-state index contributed by atoms with van der Waals surface area (Å²) in [6.07, 6.45) is 2.52. The molecule has 5 heteroatoms. The van der Waals surface area contributed by atoms with E-state index in [1.54, 1.807) is 0 Å². The zero-order chi connectivity index (χ0) is 21.3. The summed E-state index contributed by atoms with van der Waals surface area (Å²) in [5.74, 6) is 0.933. The van der Waals surface area contributed by atoms with E-state index < -0.39 is 0 Å². The van der Waals surface area contributed by atoms with Gasteiger partial charge in [0.1, 0.15) is 5.75 Å². The summed E-state index contributed by atoms with van der Waals surface area (Å²) in [5.41, 5.74) is 17.4. The number of aryl methyl sites for hydroxylation is 1. The van der Waals surface area contributed by atoms with Gasteiger partial charge in [-0.25, -0.2) is 0 Å². The predicted octanol–water partition coefficient (Wildman–Crippen LogP) is 5.62.